The fourth-order valence-corrected chi connectivity index (χ4v) is 6.77. The largest absolute Gasteiger partial charge is 0.432 e. The maximum atomic E-state index is 15.3. The fraction of sp³-hybridized carbons (Fsp3) is 0.588. The molecule has 41 heavy (non-hydrogen) atoms. The molecule has 1 heterocycles. The predicted octanol–water partition coefficient (Wildman–Crippen LogP) is 9.31. The van der Waals surface area contributed by atoms with Gasteiger partial charge in [0.2, 0.25) is 0 Å². The van der Waals surface area contributed by atoms with Crippen molar-refractivity contribution in [1.82, 2.24) is 0 Å². The summed E-state index contributed by atoms with van der Waals surface area (Å²) in [7, 11) is 0. The van der Waals surface area contributed by atoms with Crippen LogP contribution in [0, 0.1) is 29.4 Å². The number of hydrogen-bond donors (Lipinski definition) is 0. The normalized spacial score (nSPS) is 29.2. The van der Waals surface area contributed by atoms with Gasteiger partial charge in [-0.25, -0.2) is 8.78 Å². The van der Waals surface area contributed by atoms with Crippen molar-refractivity contribution in [3.05, 3.63) is 77.4 Å². The van der Waals surface area contributed by atoms with E-state index in [0.717, 1.165) is 50.5 Å². The summed E-state index contributed by atoms with van der Waals surface area (Å²) in [4.78, 5) is 0. The number of halogens is 4. The minimum absolute atomic E-state index is 0.101. The molecular formula is C34H42F4O3. The molecule has 0 amide bonds. The zero-order chi connectivity index (χ0) is 29.0. The van der Waals surface area contributed by atoms with Crippen molar-refractivity contribution in [3.8, 4) is 5.75 Å². The van der Waals surface area contributed by atoms with E-state index in [2.05, 4.69) is 13.5 Å². The molecule has 0 atom stereocenters. The van der Waals surface area contributed by atoms with Gasteiger partial charge >= 0.3 is 6.11 Å². The summed E-state index contributed by atoms with van der Waals surface area (Å²) in [5.41, 5.74) is 2.07. The van der Waals surface area contributed by atoms with Gasteiger partial charge in [-0.2, -0.15) is 8.78 Å². The molecule has 2 aliphatic carbocycles. The molecule has 0 radical (unpaired) electrons. The van der Waals surface area contributed by atoms with Crippen LogP contribution in [0.15, 0.2) is 49.1 Å². The maximum absolute atomic E-state index is 15.3. The zero-order valence-electron chi connectivity index (χ0n) is 23.9. The number of rotatable bonds is 9. The molecule has 0 aromatic heterocycles. The molecule has 224 valence electrons. The third kappa shape index (κ3) is 7.34. The van der Waals surface area contributed by atoms with Gasteiger partial charge in [0.05, 0.1) is 19.1 Å². The first-order valence-corrected chi connectivity index (χ1v) is 15.2. The van der Waals surface area contributed by atoms with Gasteiger partial charge in [0.1, 0.15) is 17.4 Å². The Hall–Kier alpha value is -2.38. The smallest absolute Gasteiger partial charge is 0.400 e. The molecule has 2 aromatic carbocycles. The minimum atomic E-state index is -3.42. The van der Waals surface area contributed by atoms with Crippen LogP contribution >= 0.6 is 0 Å². The molecule has 0 N–H and O–H groups in total. The van der Waals surface area contributed by atoms with Crippen molar-refractivity contribution in [2.75, 3.05) is 13.2 Å². The van der Waals surface area contributed by atoms with Crippen molar-refractivity contribution in [2.24, 2.45) is 17.8 Å². The summed E-state index contributed by atoms with van der Waals surface area (Å²) in [5.74, 6) is -0.942. The highest BCUT2D eigenvalue weighted by Gasteiger charge is 2.44. The van der Waals surface area contributed by atoms with Gasteiger partial charge in [0.15, 0.2) is 6.29 Å². The number of benzene rings is 2. The number of ether oxygens (including phenoxy) is 3. The number of allylic oxidation sites excluding steroid dienone is 1. The highest BCUT2D eigenvalue weighted by atomic mass is 19.3. The lowest BCUT2D eigenvalue weighted by Crippen LogP contribution is -2.37. The minimum Gasteiger partial charge on any atom is -0.432 e. The highest BCUT2D eigenvalue weighted by molar-refractivity contribution is 5.31. The van der Waals surface area contributed by atoms with E-state index in [-0.39, 0.29) is 36.6 Å². The zero-order valence-corrected chi connectivity index (χ0v) is 23.9. The number of aryl methyl sites for hydroxylation is 1. The van der Waals surface area contributed by atoms with E-state index in [0.29, 0.717) is 54.6 Å². The molecule has 0 unspecified atom stereocenters. The molecule has 1 aliphatic heterocycles. The van der Waals surface area contributed by atoms with Crippen LogP contribution in [-0.2, 0) is 15.9 Å². The van der Waals surface area contributed by atoms with Crippen LogP contribution in [0.3, 0.4) is 0 Å². The topological polar surface area (TPSA) is 27.7 Å². The standard InChI is InChI=1S/C34H42F4O3/c1-3-4-5-25-12-16-29(19-31(25)35)41-34(37,38)28-14-10-24(11-15-28)30-17-13-27(18-32(30)36)23-6-8-26(9-7-23)33-39-20-22(2)21-40-33/h3,12-13,16-19,22-24,26,28,33H,1,4-11,14-15,20-21H2,2H3. The number of hydrogen-bond acceptors (Lipinski definition) is 3. The van der Waals surface area contributed by atoms with Gasteiger partial charge in [-0.05, 0) is 105 Å². The second-order valence-corrected chi connectivity index (χ2v) is 12.3. The molecule has 7 heteroatoms. The molecule has 3 aliphatic rings. The Bertz CT molecular complexity index is 1160. The lowest BCUT2D eigenvalue weighted by Gasteiger charge is -2.37. The molecular weight excluding hydrogens is 532 g/mol. The first kappa shape index (κ1) is 30.1. The van der Waals surface area contributed by atoms with E-state index in [4.69, 9.17) is 14.2 Å². The van der Waals surface area contributed by atoms with Crippen LogP contribution in [0.4, 0.5) is 17.6 Å². The fourth-order valence-electron chi connectivity index (χ4n) is 6.77. The quantitative estimate of drug-likeness (QED) is 0.221. The van der Waals surface area contributed by atoms with Crippen molar-refractivity contribution in [1.29, 1.82) is 0 Å². The third-order valence-electron chi connectivity index (χ3n) is 9.28. The first-order chi connectivity index (χ1) is 19.7. The van der Waals surface area contributed by atoms with E-state index >= 15 is 13.2 Å². The predicted molar refractivity (Wildman–Crippen MR) is 151 cm³/mol. The summed E-state index contributed by atoms with van der Waals surface area (Å²) in [5, 5.41) is 0. The Labute approximate surface area is 241 Å². The molecule has 0 bridgehead atoms. The summed E-state index contributed by atoms with van der Waals surface area (Å²) in [6, 6.07) is 9.45. The molecule has 3 fully saturated rings. The Morgan fingerprint density at radius 1 is 0.878 bits per heavy atom. The summed E-state index contributed by atoms with van der Waals surface area (Å²) >= 11 is 0. The van der Waals surface area contributed by atoms with Crippen molar-refractivity contribution >= 4 is 0 Å². The second kappa shape index (κ2) is 13.3. The Balaban J connectivity index is 1.12. The lowest BCUT2D eigenvalue weighted by atomic mass is 9.76. The van der Waals surface area contributed by atoms with E-state index in [1.165, 1.54) is 12.1 Å². The van der Waals surface area contributed by atoms with Crippen molar-refractivity contribution < 1.29 is 31.8 Å². The number of alkyl halides is 2. The van der Waals surface area contributed by atoms with Gasteiger partial charge in [0.25, 0.3) is 0 Å². The lowest BCUT2D eigenvalue weighted by molar-refractivity contribution is -0.226. The molecule has 3 nitrogen and oxygen atoms in total. The average molecular weight is 575 g/mol. The maximum Gasteiger partial charge on any atom is 0.400 e. The Morgan fingerprint density at radius 2 is 1.56 bits per heavy atom. The van der Waals surface area contributed by atoms with Crippen LogP contribution in [0.5, 0.6) is 5.75 Å². The Morgan fingerprint density at radius 3 is 2.20 bits per heavy atom. The molecule has 0 spiro atoms. The van der Waals surface area contributed by atoms with E-state index < -0.39 is 17.8 Å². The van der Waals surface area contributed by atoms with Crippen LogP contribution < -0.4 is 4.74 Å². The van der Waals surface area contributed by atoms with Crippen LogP contribution in [0.25, 0.3) is 0 Å². The second-order valence-electron chi connectivity index (χ2n) is 12.3. The van der Waals surface area contributed by atoms with Gasteiger partial charge < -0.3 is 14.2 Å². The molecule has 2 aromatic rings. The van der Waals surface area contributed by atoms with Gasteiger partial charge in [-0.1, -0.05) is 31.2 Å². The van der Waals surface area contributed by atoms with Crippen LogP contribution in [-0.4, -0.2) is 25.6 Å². The van der Waals surface area contributed by atoms with E-state index in [1.807, 2.05) is 12.1 Å². The first-order valence-electron chi connectivity index (χ1n) is 15.2. The SMILES string of the molecule is C=CCCc1ccc(OC(F)(F)C2CCC(c3ccc(C4CCC(C5OCC(C)CO5)CC4)cc3F)CC2)cc1F. The monoisotopic (exact) mass is 574 g/mol. The molecule has 5 rings (SSSR count). The van der Waals surface area contributed by atoms with Gasteiger partial charge in [-0.3, -0.25) is 0 Å². The van der Waals surface area contributed by atoms with Gasteiger partial charge in [-0.15, -0.1) is 6.58 Å². The summed E-state index contributed by atoms with van der Waals surface area (Å²) in [6.07, 6.45) is 4.50. The van der Waals surface area contributed by atoms with Crippen LogP contribution in [0.1, 0.15) is 93.2 Å². The van der Waals surface area contributed by atoms with Crippen molar-refractivity contribution in [3.63, 3.8) is 0 Å². The average Bonchev–Trinajstić information content (AvgIpc) is 2.97. The summed E-state index contributed by atoms with van der Waals surface area (Å²) < 4.78 is 76.4. The summed E-state index contributed by atoms with van der Waals surface area (Å²) in [6.45, 7) is 7.23. The highest BCUT2D eigenvalue weighted by Crippen LogP contribution is 2.45. The van der Waals surface area contributed by atoms with E-state index in [9.17, 15) is 4.39 Å². The van der Waals surface area contributed by atoms with Crippen molar-refractivity contribution in [2.45, 2.75) is 95.4 Å². The molecule has 2 saturated carbocycles. The molecule has 1 saturated heterocycles. The Kier molecular flexibility index (Phi) is 9.75. The van der Waals surface area contributed by atoms with E-state index in [1.54, 1.807) is 12.1 Å². The van der Waals surface area contributed by atoms with Crippen LogP contribution in [0.2, 0.25) is 0 Å². The van der Waals surface area contributed by atoms with Gasteiger partial charge in [0, 0.05) is 17.9 Å². The third-order valence-corrected chi connectivity index (χ3v) is 9.28.